The predicted octanol–water partition coefficient (Wildman–Crippen LogP) is 0.975. The van der Waals surface area contributed by atoms with Crippen molar-refractivity contribution in [1.82, 2.24) is 15.5 Å². The van der Waals surface area contributed by atoms with E-state index in [2.05, 4.69) is 22.5 Å². The lowest BCUT2D eigenvalue weighted by atomic mass is 9.81. The Balaban J connectivity index is 2.09. The number of rotatable bonds is 3. The van der Waals surface area contributed by atoms with Gasteiger partial charge in [-0.25, -0.2) is 0 Å². The van der Waals surface area contributed by atoms with Crippen LogP contribution in [0, 0.1) is 5.92 Å². The van der Waals surface area contributed by atoms with Gasteiger partial charge in [0.15, 0.2) is 0 Å². The molecule has 104 valence electrons. The molecule has 0 radical (unpaired) electrons. The van der Waals surface area contributed by atoms with Crippen molar-refractivity contribution in [3.63, 3.8) is 0 Å². The summed E-state index contributed by atoms with van der Waals surface area (Å²) in [6.07, 6.45) is 6.55. The zero-order chi connectivity index (χ0) is 13.0. The van der Waals surface area contributed by atoms with Gasteiger partial charge in [-0.2, -0.15) is 0 Å². The Bertz CT molecular complexity index is 282. The third-order valence-electron chi connectivity index (χ3n) is 4.65. The molecule has 0 spiro atoms. The molecular formula is C14H27N3O. The lowest BCUT2D eigenvalue weighted by Crippen LogP contribution is -2.62. The van der Waals surface area contributed by atoms with Crippen molar-refractivity contribution in [2.24, 2.45) is 5.92 Å². The molecule has 2 N–H and O–H groups in total. The molecule has 1 amide bonds. The first kappa shape index (κ1) is 13.8. The van der Waals surface area contributed by atoms with Gasteiger partial charge in [-0.3, -0.25) is 9.69 Å². The lowest BCUT2D eigenvalue weighted by Gasteiger charge is -2.45. The fourth-order valence-corrected chi connectivity index (χ4v) is 3.63. The van der Waals surface area contributed by atoms with Gasteiger partial charge in [0.25, 0.3) is 0 Å². The number of hydrogen-bond donors (Lipinski definition) is 2. The van der Waals surface area contributed by atoms with Gasteiger partial charge in [0.05, 0.1) is 0 Å². The molecular weight excluding hydrogens is 226 g/mol. The van der Waals surface area contributed by atoms with Crippen molar-refractivity contribution in [2.75, 3.05) is 26.7 Å². The molecule has 3 atom stereocenters. The topological polar surface area (TPSA) is 44.4 Å². The van der Waals surface area contributed by atoms with E-state index in [1.807, 2.05) is 0 Å². The van der Waals surface area contributed by atoms with Gasteiger partial charge >= 0.3 is 0 Å². The fraction of sp³-hybridized carbons (Fsp3) is 0.929. The Hall–Kier alpha value is -0.610. The van der Waals surface area contributed by atoms with Crippen LogP contribution >= 0.6 is 0 Å². The molecule has 2 fully saturated rings. The van der Waals surface area contributed by atoms with E-state index in [0.29, 0.717) is 6.04 Å². The zero-order valence-electron chi connectivity index (χ0n) is 11.7. The highest BCUT2D eigenvalue weighted by molar-refractivity contribution is 5.81. The van der Waals surface area contributed by atoms with Gasteiger partial charge < -0.3 is 10.6 Å². The van der Waals surface area contributed by atoms with E-state index in [4.69, 9.17) is 0 Å². The third-order valence-corrected chi connectivity index (χ3v) is 4.65. The normalized spacial score (nSPS) is 34.2. The molecule has 1 saturated carbocycles. The summed E-state index contributed by atoms with van der Waals surface area (Å²) in [5.41, 5.74) is 0. The molecule has 0 aromatic rings. The second-order valence-corrected chi connectivity index (χ2v) is 5.59. The SMILES string of the molecule is CCC1CCCCC1N1CCNCC1C(=O)NC. The summed E-state index contributed by atoms with van der Waals surface area (Å²) in [4.78, 5) is 14.5. The van der Waals surface area contributed by atoms with E-state index in [9.17, 15) is 4.79 Å². The van der Waals surface area contributed by atoms with Crippen molar-refractivity contribution < 1.29 is 4.79 Å². The Morgan fingerprint density at radius 3 is 2.89 bits per heavy atom. The third kappa shape index (κ3) is 2.86. The van der Waals surface area contributed by atoms with E-state index in [-0.39, 0.29) is 11.9 Å². The molecule has 4 heteroatoms. The van der Waals surface area contributed by atoms with Crippen LogP contribution in [-0.4, -0.2) is 49.6 Å². The highest BCUT2D eigenvalue weighted by atomic mass is 16.2. The number of likely N-dealkylation sites (N-methyl/N-ethyl adjacent to an activating group) is 1. The molecule has 4 nitrogen and oxygen atoms in total. The molecule has 3 unspecified atom stereocenters. The van der Waals surface area contributed by atoms with E-state index in [1.54, 1.807) is 7.05 Å². The minimum atomic E-state index is 0.0286. The highest BCUT2D eigenvalue weighted by Gasteiger charge is 2.37. The second kappa shape index (κ2) is 6.53. The summed E-state index contributed by atoms with van der Waals surface area (Å²) < 4.78 is 0. The Morgan fingerprint density at radius 2 is 2.17 bits per heavy atom. The number of amides is 1. The van der Waals surface area contributed by atoms with Crippen LogP contribution in [0.2, 0.25) is 0 Å². The number of carbonyl (C=O) groups is 1. The minimum Gasteiger partial charge on any atom is -0.358 e. The molecule has 2 aliphatic rings. The summed E-state index contributed by atoms with van der Waals surface area (Å²) >= 11 is 0. The van der Waals surface area contributed by atoms with Gasteiger partial charge in [0, 0.05) is 32.7 Å². The van der Waals surface area contributed by atoms with E-state index in [1.165, 1.54) is 32.1 Å². The number of nitrogens with zero attached hydrogens (tertiary/aromatic N) is 1. The first-order valence-electron chi connectivity index (χ1n) is 7.46. The molecule has 0 aromatic heterocycles. The molecule has 2 rings (SSSR count). The quantitative estimate of drug-likeness (QED) is 0.788. The minimum absolute atomic E-state index is 0.0286. The summed E-state index contributed by atoms with van der Waals surface area (Å²) in [6, 6.07) is 0.647. The van der Waals surface area contributed by atoms with Gasteiger partial charge in [0.2, 0.25) is 5.91 Å². The Kier molecular flexibility index (Phi) is 5.01. The van der Waals surface area contributed by atoms with Crippen LogP contribution in [-0.2, 0) is 4.79 Å². The maximum Gasteiger partial charge on any atom is 0.238 e. The zero-order valence-corrected chi connectivity index (χ0v) is 11.7. The van der Waals surface area contributed by atoms with Crippen LogP contribution in [0.15, 0.2) is 0 Å². The molecule has 1 aliphatic heterocycles. The average Bonchev–Trinajstić information content (AvgIpc) is 2.46. The average molecular weight is 253 g/mol. The summed E-state index contributed by atoms with van der Waals surface area (Å²) in [7, 11) is 1.74. The van der Waals surface area contributed by atoms with Gasteiger partial charge in [0.1, 0.15) is 6.04 Å². The molecule has 1 saturated heterocycles. The fourth-order valence-electron chi connectivity index (χ4n) is 3.63. The first-order chi connectivity index (χ1) is 8.77. The maximum absolute atomic E-state index is 12.0. The monoisotopic (exact) mass is 253 g/mol. The lowest BCUT2D eigenvalue weighted by molar-refractivity contribution is -0.128. The van der Waals surface area contributed by atoms with E-state index >= 15 is 0 Å². The van der Waals surface area contributed by atoms with Gasteiger partial charge in [-0.05, 0) is 18.8 Å². The summed E-state index contributed by atoms with van der Waals surface area (Å²) in [6.45, 7) is 5.12. The van der Waals surface area contributed by atoms with Crippen molar-refractivity contribution >= 4 is 5.91 Å². The van der Waals surface area contributed by atoms with Gasteiger partial charge in [-0.1, -0.05) is 26.2 Å². The largest absolute Gasteiger partial charge is 0.358 e. The molecule has 0 bridgehead atoms. The second-order valence-electron chi connectivity index (χ2n) is 5.59. The standard InChI is InChI=1S/C14H27N3O/c1-3-11-6-4-5-7-12(11)17-9-8-16-10-13(17)14(18)15-2/h11-13,16H,3-10H2,1-2H3,(H,15,18). The molecule has 1 aliphatic carbocycles. The number of nitrogens with one attached hydrogen (secondary N) is 2. The number of piperazine rings is 1. The summed E-state index contributed by atoms with van der Waals surface area (Å²) in [5.74, 6) is 0.951. The van der Waals surface area contributed by atoms with Crippen molar-refractivity contribution in [2.45, 2.75) is 51.1 Å². The van der Waals surface area contributed by atoms with Crippen LogP contribution in [0.1, 0.15) is 39.0 Å². The molecule has 1 heterocycles. The van der Waals surface area contributed by atoms with E-state index < -0.39 is 0 Å². The maximum atomic E-state index is 12.0. The van der Waals surface area contributed by atoms with Gasteiger partial charge in [-0.15, -0.1) is 0 Å². The predicted molar refractivity (Wildman–Crippen MR) is 73.5 cm³/mol. The smallest absolute Gasteiger partial charge is 0.238 e. The van der Waals surface area contributed by atoms with Crippen LogP contribution in [0.3, 0.4) is 0 Å². The van der Waals surface area contributed by atoms with E-state index in [0.717, 1.165) is 25.6 Å². The highest BCUT2D eigenvalue weighted by Crippen LogP contribution is 2.32. The van der Waals surface area contributed by atoms with Crippen molar-refractivity contribution in [3.05, 3.63) is 0 Å². The Morgan fingerprint density at radius 1 is 1.39 bits per heavy atom. The van der Waals surface area contributed by atoms with Crippen LogP contribution in [0.5, 0.6) is 0 Å². The summed E-state index contributed by atoms with van der Waals surface area (Å²) in [5, 5.41) is 6.17. The molecule has 18 heavy (non-hydrogen) atoms. The first-order valence-corrected chi connectivity index (χ1v) is 7.46. The number of hydrogen-bond acceptors (Lipinski definition) is 3. The number of carbonyl (C=O) groups excluding carboxylic acids is 1. The molecule has 0 aromatic carbocycles. The van der Waals surface area contributed by atoms with Crippen molar-refractivity contribution in [3.8, 4) is 0 Å². The Labute approximate surface area is 110 Å². The van der Waals surface area contributed by atoms with Crippen molar-refractivity contribution in [1.29, 1.82) is 0 Å². The van der Waals surface area contributed by atoms with Crippen LogP contribution in [0.25, 0.3) is 0 Å². The van der Waals surface area contributed by atoms with Crippen LogP contribution < -0.4 is 10.6 Å². The van der Waals surface area contributed by atoms with Crippen LogP contribution in [0.4, 0.5) is 0 Å².